The van der Waals surface area contributed by atoms with E-state index in [9.17, 15) is 15.8 Å². The molecule has 3 atom stereocenters. The SMILES string of the molecule is CCCCOc1cccc(C(C)(O[O-])C(OCCCC)OCCCC)c1.CCCCOc1cccc(C(C)(O[O-])C(OCCCC)OCCCC)c1.CCCCOc1cccc(C(C)(O[O-])C(OCCCC)OCCCC)c1.[Ti+3]. The Morgan fingerprint density at radius 3 is 0.684 bits per heavy atom. The summed E-state index contributed by atoms with van der Waals surface area (Å²) >= 11 is 0. The van der Waals surface area contributed by atoms with Crippen molar-refractivity contribution < 1.29 is 94.8 Å². The van der Waals surface area contributed by atoms with E-state index in [0.29, 0.717) is 76.2 Å². The van der Waals surface area contributed by atoms with Gasteiger partial charge in [0.15, 0.2) is 18.9 Å². The average molecular weight is 1150 g/mol. The monoisotopic (exact) mass is 1150 g/mol. The van der Waals surface area contributed by atoms with Crippen LogP contribution in [0.4, 0.5) is 0 Å². The standard InChI is InChI=1S/3C21H36O5.Ti/c3*1-5-8-14-23-19-13-11-12-18(17-19)21(4,26-22)20(24-15-9-6-2)25-16-10-7-3;/h3*11-13,17,20,22H,5-10,14-16H2,1-4H3;/q;;;+3/p-3. The Bertz CT molecular complexity index is 1620. The van der Waals surface area contributed by atoms with Crippen molar-refractivity contribution in [3.8, 4) is 17.2 Å². The maximum absolute atomic E-state index is 11.7. The Balaban J connectivity index is 0.00000115. The maximum Gasteiger partial charge on any atom is 3.00 e. The van der Waals surface area contributed by atoms with E-state index in [0.717, 1.165) is 133 Å². The summed E-state index contributed by atoms with van der Waals surface area (Å²) in [6, 6.07) is 22.3. The first kappa shape index (κ1) is 76.3. The van der Waals surface area contributed by atoms with Crippen LogP contribution in [-0.4, -0.2) is 78.3 Å². The smallest absolute Gasteiger partial charge is 0.722 e. The quantitative estimate of drug-likeness (QED) is 0.0171. The van der Waals surface area contributed by atoms with Gasteiger partial charge in [-0.25, -0.2) is 0 Å². The van der Waals surface area contributed by atoms with Gasteiger partial charge in [-0.15, -0.1) is 0 Å². The minimum absolute atomic E-state index is 0. The van der Waals surface area contributed by atoms with E-state index in [2.05, 4.69) is 77.0 Å². The van der Waals surface area contributed by atoms with E-state index in [-0.39, 0.29) is 21.7 Å². The van der Waals surface area contributed by atoms with Crippen LogP contribution in [0.5, 0.6) is 17.2 Å². The fraction of sp³-hybridized carbons (Fsp3) is 0.714. The Kier molecular flexibility index (Phi) is 46.1. The van der Waals surface area contributed by atoms with Crippen molar-refractivity contribution in [2.45, 2.75) is 234 Å². The predicted molar refractivity (Wildman–Crippen MR) is 302 cm³/mol. The summed E-state index contributed by atoms with van der Waals surface area (Å²) < 4.78 is 52.6. The molecule has 3 unspecified atom stereocenters. The van der Waals surface area contributed by atoms with Gasteiger partial charge in [0, 0.05) is 39.6 Å². The number of hydrogen-bond donors (Lipinski definition) is 0. The fourth-order valence-electron chi connectivity index (χ4n) is 7.46. The normalized spacial score (nSPS) is 13.6. The Labute approximate surface area is 493 Å². The van der Waals surface area contributed by atoms with Crippen molar-refractivity contribution in [2.75, 3.05) is 59.5 Å². The van der Waals surface area contributed by atoms with Gasteiger partial charge in [-0.3, -0.25) is 0 Å². The van der Waals surface area contributed by atoms with Gasteiger partial charge < -0.3 is 73.1 Å². The summed E-state index contributed by atoms with van der Waals surface area (Å²) in [7, 11) is 0. The van der Waals surface area contributed by atoms with Crippen molar-refractivity contribution in [2.24, 2.45) is 0 Å². The minimum atomic E-state index is -1.24. The molecule has 451 valence electrons. The molecule has 3 aromatic carbocycles. The molecule has 0 heterocycles. The third kappa shape index (κ3) is 29.4. The van der Waals surface area contributed by atoms with Crippen molar-refractivity contribution in [3.05, 3.63) is 89.5 Å². The van der Waals surface area contributed by atoms with Gasteiger partial charge in [0.05, 0.1) is 19.8 Å². The van der Waals surface area contributed by atoms with Gasteiger partial charge in [-0.2, -0.15) is 0 Å². The van der Waals surface area contributed by atoms with E-state index in [1.807, 2.05) is 72.8 Å². The molecule has 0 aliphatic rings. The molecule has 3 rings (SSSR count). The summed E-state index contributed by atoms with van der Waals surface area (Å²) in [6.45, 7) is 29.2. The Morgan fingerprint density at radius 1 is 0.316 bits per heavy atom. The number of rotatable bonds is 45. The van der Waals surface area contributed by atoms with Crippen LogP contribution in [0.3, 0.4) is 0 Å². The average Bonchev–Trinajstić information content (AvgIpc) is 3.49. The zero-order chi connectivity index (χ0) is 57.8. The van der Waals surface area contributed by atoms with Crippen LogP contribution < -0.4 is 30.0 Å². The molecular formula is C63H105O15Ti. The number of unbranched alkanes of at least 4 members (excludes halogenated alkanes) is 9. The molecule has 0 spiro atoms. The van der Waals surface area contributed by atoms with Crippen LogP contribution in [0.15, 0.2) is 72.8 Å². The van der Waals surface area contributed by atoms with Gasteiger partial charge in [0.1, 0.15) is 34.1 Å². The van der Waals surface area contributed by atoms with Gasteiger partial charge >= 0.3 is 21.7 Å². The molecule has 0 aliphatic heterocycles. The summed E-state index contributed by atoms with van der Waals surface area (Å²) in [4.78, 5) is 14.0. The fourth-order valence-corrected chi connectivity index (χ4v) is 7.46. The van der Waals surface area contributed by atoms with Gasteiger partial charge in [-0.05, 0) is 132 Å². The summed E-state index contributed by atoms with van der Waals surface area (Å²) in [5.41, 5.74) is -1.65. The van der Waals surface area contributed by atoms with E-state index in [1.165, 1.54) is 0 Å². The van der Waals surface area contributed by atoms with Crippen LogP contribution in [-0.2, 0) is 81.6 Å². The second-order valence-corrected chi connectivity index (χ2v) is 20.1. The van der Waals surface area contributed by atoms with Gasteiger partial charge in [0.2, 0.25) is 0 Å². The molecule has 1 radical (unpaired) electrons. The summed E-state index contributed by atoms with van der Waals surface area (Å²) in [5.74, 6) is 2.17. The zero-order valence-corrected chi connectivity index (χ0v) is 52.4. The van der Waals surface area contributed by atoms with Gasteiger partial charge in [0.25, 0.3) is 0 Å². The van der Waals surface area contributed by atoms with Crippen LogP contribution in [0, 0.1) is 0 Å². The second-order valence-electron chi connectivity index (χ2n) is 20.1. The molecule has 0 aliphatic carbocycles. The molecule has 0 aromatic heterocycles. The molecule has 16 heteroatoms. The van der Waals surface area contributed by atoms with Crippen molar-refractivity contribution in [3.63, 3.8) is 0 Å². The van der Waals surface area contributed by atoms with Crippen LogP contribution >= 0.6 is 0 Å². The summed E-state index contributed by atoms with van der Waals surface area (Å²) in [5, 5.41) is 35.2. The van der Waals surface area contributed by atoms with E-state index in [1.54, 1.807) is 20.8 Å². The van der Waals surface area contributed by atoms with Gasteiger partial charge in [-0.1, -0.05) is 156 Å². The third-order valence-corrected chi connectivity index (χ3v) is 13.0. The first-order valence-corrected chi connectivity index (χ1v) is 29.7. The minimum Gasteiger partial charge on any atom is -0.722 e. The Hall–Kier alpha value is -2.71. The predicted octanol–water partition coefficient (Wildman–Crippen LogP) is 13.0. The second kappa shape index (κ2) is 47.7. The van der Waals surface area contributed by atoms with Crippen LogP contribution in [0.2, 0.25) is 0 Å². The number of ether oxygens (including phenoxy) is 9. The molecule has 0 saturated carbocycles. The van der Waals surface area contributed by atoms with Crippen LogP contribution in [0.1, 0.15) is 215 Å². The molecule has 0 amide bonds. The molecule has 3 aromatic rings. The Morgan fingerprint density at radius 2 is 0.506 bits per heavy atom. The molecule has 0 saturated heterocycles. The number of benzene rings is 3. The van der Waals surface area contributed by atoms with E-state index in [4.69, 9.17) is 42.6 Å². The van der Waals surface area contributed by atoms with Crippen LogP contribution in [0.25, 0.3) is 0 Å². The van der Waals surface area contributed by atoms with Crippen molar-refractivity contribution in [1.29, 1.82) is 0 Å². The molecule has 15 nitrogen and oxygen atoms in total. The molecule has 0 N–H and O–H groups in total. The first-order valence-electron chi connectivity index (χ1n) is 29.7. The molecule has 0 bridgehead atoms. The first-order chi connectivity index (χ1) is 37.9. The molecular weight excluding hydrogens is 1040 g/mol. The van der Waals surface area contributed by atoms with E-state index < -0.39 is 35.7 Å². The summed E-state index contributed by atoms with van der Waals surface area (Å²) in [6.07, 6.45) is 15.4. The third-order valence-electron chi connectivity index (χ3n) is 13.0. The molecule has 79 heavy (non-hydrogen) atoms. The zero-order valence-electron chi connectivity index (χ0n) is 50.9. The maximum atomic E-state index is 11.7. The molecule has 0 fully saturated rings. The largest absolute Gasteiger partial charge is 3.00 e. The van der Waals surface area contributed by atoms with E-state index >= 15 is 0 Å². The van der Waals surface area contributed by atoms with Crippen molar-refractivity contribution >= 4 is 0 Å². The number of hydrogen-bond acceptors (Lipinski definition) is 15. The topological polar surface area (TPSA) is 180 Å². The van der Waals surface area contributed by atoms with Crippen molar-refractivity contribution in [1.82, 2.24) is 0 Å².